The number of rotatable bonds is 7. The number of carbonyl (C=O) groups excluding carboxylic acids is 1. The van der Waals surface area contributed by atoms with Gasteiger partial charge in [0.05, 0.1) is 23.2 Å². The summed E-state index contributed by atoms with van der Waals surface area (Å²) in [6, 6.07) is 23.3. The van der Waals surface area contributed by atoms with E-state index in [1.807, 2.05) is 42.7 Å². The van der Waals surface area contributed by atoms with Gasteiger partial charge < -0.3 is 19.9 Å². The van der Waals surface area contributed by atoms with Crippen LogP contribution >= 0.6 is 23.4 Å². The highest BCUT2D eigenvalue weighted by Gasteiger charge is 2.29. The average Bonchev–Trinajstić information content (AvgIpc) is 2.93. The quantitative estimate of drug-likeness (QED) is 0.238. The summed E-state index contributed by atoms with van der Waals surface area (Å²) >= 11 is 8.05. The second kappa shape index (κ2) is 11.2. The van der Waals surface area contributed by atoms with E-state index >= 15 is 0 Å². The molecule has 1 amide bonds. The molecule has 0 bridgehead atoms. The Kier molecular flexibility index (Phi) is 7.53. The number of hydrogen-bond acceptors (Lipinski definition) is 6. The van der Waals surface area contributed by atoms with Gasteiger partial charge in [-0.15, -0.1) is 11.8 Å². The molecule has 0 spiro atoms. The van der Waals surface area contributed by atoms with Crippen molar-refractivity contribution in [2.75, 3.05) is 18.2 Å². The van der Waals surface area contributed by atoms with Gasteiger partial charge in [0.15, 0.2) is 0 Å². The van der Waals surface area contributed by atoms with E-state index in [2.05, 4.69) is 10.3 Å². The SMILES string of the molecule is CSc1ccc(-c2cccc(NC(=O)c3ccc(Oc4cc5c(cc4Cl)C(C(=O)O)CCO5)cc3)n2)cc1. The first-order chi connectivity index (χ1) is 18.4. The summed E-state index contributed by atoms with van der Waals surface area (Å²) in [7, 11) is 0. The van der Waals surface area contributed by atoms with Crippen LogP contribution in [0.2, 0.25) is 5.02 Å². The molecule has 5 rings (SSSR count). The highest BCUT2D eigenvalue weighted by molar-refractivity contribution is 7.98. The predicted molar refractivity (Wildman–Crippen MR) is 148 cm³/mol. The molecule has 38 heavy (non-hydrogen) atoms. The first-order valence-electron chi connectivity index (χ1n) is 11.8. The lowest BCUT2D eigenvalue weighted by Gasteiger charge is -2.24. The summed E-state index contributed by atoms with van der Waals surface area (Å²) in [6.07, 6.45) is 2.41. The number of hydrogen-bond donors (Lipinski definition) is 2. The first-order valence-corrected chi connectivity index (χ1v) is 13.4. The highest BCUT2D eigenvalue weighted by Crippen LogP contribution is 2.41. The van der Waals surface area contributed by atoms with Crippen LogP contribution in [0.5, 0.6) is 17.2 Å². The number of aliphatic carboxylic acids is 1. The van der Waals surface area contributed by atoms with Crippen LogP contribution in [-0.2, 0) is 4.79 Å². The number of nitrogens with one attached hydrogen (secondary N) is 1. The molecule has 0 fully saturated rings. The van der Waals surface area contributed by atoms with Crippen LogP contribution in [-0.4, -0.2) is 34.8 Å². The minimum Gasteiger partial charge on any atom is -0.493 e. The Hall–Kier alpha value is -4.01. The zero-order chi connectivity index (χ0) is 26.6. The smallest absolute Gasteiger partial charge is 0.311 e. The van der Waals surface area contributed by atoms with Crippen LogP contribution in [0.25, 0.3) is 11.3 Å². The Balaban J connectivity index is 1.27. The second-order valence-corrected chi connectivity index (χ2v) is 9.85. The van der Waals surface area contributed by atoms with E-state index in [-0.39, 0.29) is 10.9 Å². The van der Waals surface area contributed by atoms with Crippen LogP contribution in [0.4, 0.5) is 5.82 Å². The number of amides is 1. The fraction of sp³-hybridized carbons (Fsp3) is 0.138. The van der Waals surface area contributed by atoms with Crippen LogP contribution in [0, 0.1) is 0 Å². The topological polar surface area (TPSA) is 97.8 Å². The number of ether oxygens (including phenoxy) is 2. The molecule has 2 N–H and O–H groups in total. The van der Waals surface area contributed by atoms with E-state index in [0.29, 0.717) is 47.2 Å². The first kappa shape index (κ1) is 25.6. The lowest BCUT2D eigenvalue weighted by atomic mass is 9.93. The molecule has 3 aromatic carbocycles. The maximum Gasteiger partial charge on any atom is 0.311 e. The van der Waals surface area contributed by atoms with Crippen molar-refractivity contribution in [2.24, 2.45) is 0 Å². The van der Waals surface area contributed by atoms with Gasteiger partial charge in [0.25, 0.3) is 5.91 Å². The largest absolute Gasteiger partial charge is 0.493 e. The van der Waals surface area contributed by atoms with Gasteiger partial charge in [0.1, 0.15) is 23.1 Å². The third-order valence-corrected chi connectivity index (χ3v) is 7.16. The van der Waals surface area contributed by atoms with Crippen molar-refractivity contribution in [3.05, 3.63) is 95.0 Å². The normalized spacial score (nSPS) is 14.2. The molecule has 4 aromatic rings. The number of pyridine rings is 1. The molecule has 1 aromatic heterocycles. The third kappa shape index (κ3) is 5.61. The van der Waals surface area contributed by atoms with E-state index < -0.39 is 11.9 Å². The number of nitrogens with zero attached hydrogens (tertiary/aromatic N) is 1. The molecule has 0 saturated carbocycles. The van der Waals surface area contributed by atoms with Crippen molar-refractivity contribution in [3.63, 3.8) is 0 Å². The minimum atomic E-state index is -0.917. The Labute approximate surface area is 228 Å². The monoisotopic (exact) mass is 546 g/mol. The summed E-state index contributed by atoms with van der Waals surface area (Å²) in [5.41, 5.74) is 2.69. The number of benzene rings is 3. The molecule has 192 valence electrons. The maximum atomic E-state index is 12.8. The molecule has 0 aliphatic carbocycles. The summed E-state index contributed by atoms with van der Waals surface area (Å²) in [5.74, 6) is -0.211. The van der Waals surface area contributed by atoms with Gasteiger partial charge in [-0.25, -0.2) is 4.98 Å². The number of thioether (sulfide) groups is 1. The van der Waals surface area contributed by atoms with Crippen molar-refractivity contribution >= 4 is 41.1 Å². The molecule has 1 aliphatic rings. The zero-order valence-corrected chi connectivity index (χ0v) is 21.9. The Morgan fingerprint density at radius 1 is 1.08 bits per heavy atom. The maximum absolute atomic E-state index is 12.8. The number of fused-ring (bicyclic) bond motifs is 1. The van der Waals surface area contributed by atoms with Gasteiger partial charge in [0.2, 0.25) is 0 Å². The molecule has 1 aliphatic heterocycles. The summed E-state index contributed by atoms with van der Waals surface area (Å²) in [4.78, 5) is 30.1. The van der Waals surface area contributed by atoms with E-state index in [0.717, 1.165) is 11.3 Å². The van der Waals surface area contributed by atoms with E-state index in [9.17, 15) is 14.7 Å². The van der Waals surface area contributed by atoms with Crippen molar-refractivity contribution in [1.29, 1.82) is 0 Å². The van der Waals surface area contributed by atoms with E-state index in [1.54, 1.807) is 54.2 Å². The third-order valence-electron chi connectivity index (χ3n) is 6.12. The predicted octanol–water partition coefficient (Wildman–Crippen LogP) is 7.12. The molecule has 1 atom stereocenters. The van der Waals surface area contributed by atoms with Crippen LogP contribution in [0.1, 0.15) is 28.3 Å². The molecule has 0 saturated heterocycles. The molecule has 2 heterocycles. The van der Waals surface area contributed by atoms with Crippen LogP contribution in [0.3, 0.4) is 0 Å². The van der Waals surface area contributed by atoms with Gasteiger partial charge in [-0.1, -0.05) is 29.8 Å². The second-order valence-electron chi connectivity index (χ2n) is 8.57. The number of carbonyl (C=O) groups is 2. The number of anilines is 1. The minimum absolute atomic E-state index is 0.274. The molecule has 0 radical (unpaired) electrons. The van der Waals surface area contributed by atoms with Crippen molar-refractivity contribution < 1.29 is 24.2 Å². The average molecular weight is 547 g/mol. The van der Waals surface area contributed by atoms with Gasteiger partial charge >= 0.3 is 5.97 Å². The lowest BCUT2D eigenvalue weighted by Crippen LogP contribution is -2.20. The Morgan fingerprint density at radius 3 is 2.55 bits per heavy atom. The van der Waals surface area contributed by atoms with E-state index in [4.69, 9.17) is 21.1 Å². The number of carboxylic acids is 1. The highest BCUT2D eigenvalue weighted by atomic mass is 35.5. The summed E-state index contributed by atoms with van der Waals surface area (Å²) in [6.45, 7) is 0.302. The van der Waals surface area contributed by atoms with Crippen molar-refractivity contribution in [2.45, 2.75) is 17.2 Å². The zero-order valence-electron chi connectivity index (χ0n) is 20.3. The molecule has 9 heteroatoms. The van der Waals surface area contributed by atoms with Crippen molar-refractivity contribution in [3.8, 4) is 28.5 Å². The Morgan fingerprint density at radius 2 is 1.84 bits per heavy atom. The van der Waals surface area contributed by atoms with Gasteiger partial charge in [-0.3, -0.25) is 9.59 Å². The summed E-state index contributed by atoms with van der Waals surface area (Å²) < 4.78 is 11.5. The standard InChI is InChI=1S/C29H23ClN2O5S/c1-38-20-11-7-17(8-12-20)24-3-2-4-27(31-24)32-28(33)18-5-9-19(10-6-18)37-26-16-25-22(15-23(26)30)21(29(34)35)13-14-36-25/h2-12,15-16,21H,13-14H2,1H3,(H,34,35)(H,31,32,33). The number of carboxylic acid groups (broad SMARTS) is 1. The molecule has 1 unspecified atom stereocenters. The summed E-state index contributed by atoms with van der Waals surface area (Å²) in [5, 5.41) is 12.6. The lowest BCUT2D eigenvalue weighted by molar-refractivity contribution is -0.139. The molecular weight excluding hydrogens is 524 g/mol. The number of halogens is 1. The van der Waals surface area contributed by atoms with Crippen LogP contribution in [0.15, 0.2) is 83.8 Å². The van der Waals surface area contributed by atoms with Crippen LogP contribution < -0.4 is 14.8 Å². The van der Waals surface area contributed by atoms with Crippen molar-refractivity contribution in [1.82, 2.24) is 4.98 Å². The van der Waals surface area contributed by atoms with Gasteiger partial charge in [0, 0.05) is 27.7 Å². The fourth-order valence-electron chi connectivity index (χ4n) is 4.14. The van der Waals surface area contributed by atoms with E-state index in [1.165, 1.54) is 4.90 Å². The molecule has 7 nitrogen and oxygen atoms in total. The van der Waals surface area contributed by atoms with Gasteiger partial charge in [-0.05, 0) is 67.3 Å². The fourth-order valence-corrected chi connectivity index (χ4v) is 4.76. The van der Waals surface area contributed by atoms with Gasteiger partial charge in [-0.2, -0.15) is 0 Å². The molecular formula is C29H23ClN2O5S. The Bertz CT molecular complexity index is 1490. The number of aromatic nitrogens is 1.